The third-order valence-corrected chi connectivity index (χ3v) is 6.72. The first-order valence-corrected chi connectivity index (χ1v) is 10.8. The molecule has 1 saturated carbocycles. The molecule has 30 heavy (non-hydrogen) atoms. The topological polar surface area (TPSA) is 81.7 Å². The Labute approximate surface area is 185 Å². The lowest BCUT2D eigenvalue weighted by Crippen LogP contribution is -2.64. The molecule has 1 aliphatic heterocycles. The normalized spacial score (nSPS) is 26.0. The van der Waals surface area contributed by atoms with Crippen LogP contribution in [0, 0.1) is 5.92 Å². The molecule has 0 spiro atoms. The van der Waals surface area contributed by atoms with Crippen molar-refractivity contribution in [3.63, 3.8) is 0 Å². The predicted molar refractivity (Wildman–Crippen MR) is 118 cm³/mol. The van der Waals surface area contributed by atoms with Crippen LogP contribution in [0.5, 0.6) is 0 Å². The SMILES string of the molecule is C[C@H]1CCCC[C@@H]1NC(=O)[C@@]1(O)c2ccccc2NC(=O)N1c1ccc(Cl)c(Cl)c1. The maximum atomic E-state index is 13.5. The van der Waals surface area contributed by atoms with Crippen LogP contribution in [0.1, 0.15) is 38.2 Å². The summed E-state index contributed by atoms with van der Waals surface area (Å²) in [6, 6.07) is 10.5. The second-order valence-electron chi connectivity index (χ2n) is 7.92. The van der Waals surface area contributed by atoms with Crippen molar-refractivity contribution in [2.75, 3.05) is 10.2 Å². The second kappa shape index (κ2) is 8.10. The Morgan fingerprint density at radius 1 is 1.17 bits per heavy atom. The Kier molecular flexibility index (Phi) is 5.66. The van der Waals surface area contributed by atoms with Crippen LogP contribution in [0.4, 0.5) is 16.2 Å². The number of nitrogens with zero attached hydrogens (tertiary/aromatic N) is 1. The highest BCUT2D eigenvalue weighted by Gasteiger charge is 2.52. The molecule has 3 atom stereocenters. The van der Waals surface area contributed by atoms with Gasteiger partial charge in [-0.15, -0.1) is 0 Å². The molecule has 2 aromatic rings. The number of anilines is 2. The van der Waals surface area contributed by atoms with Crippen molar-refractivity contribution in [2.24, 2.45) is 5.92 Å². The Bertz CT molecular complexity index is 999. The van der Waals surface area contributed by atoms with Gasteiger partial charge in [0.25, 0.3) is 11.6 Å². The Hall–Kier alpha value is -2.28. The number of nitrogens with one attached hydrogen (secondary N) is 2. The minimum atomic E-state index is -2.24. The van der Waals surface area contributed by atoms with Gasteiger partial charge < -0.3 is 15.7 Å². The van der Waals surface area contributed by atoms with Crippen LogP contribution in [0.3, 0.4) is 0 Å². The van der Waals surface area contributed by atoms with Gasteiger partial charge in [-0.25, -0.2) is 4.79 Å². The molecule has 0 saturated heterocycles. The summed E-state index contributed by atoms with van der Waals surface area (Å²) in [7, 11) is 0. The zero-order valence-electron chi connectivity index (χ0n) is 16.5. The monoisotopic (exact) mass is 447 g/mol. The van der Waals surface area contributed by atoms with Gasteiger partial charge in [0.15, 0.2) is 0 Å². The van der Waals surface area contributed by atoms with Crippen LogP contribution in [0.15, 0.2) is 42.5 Å². The molecule has 1 aliphatic carbocycles. The van der Waals surface area contributed by atoms with Crippen molar-refractivity contribution in [3.8, 4) is 0 Å². The first-order valence-electron chi connectivity index (χ1n) is 10.0. The highest BCUT2D eigenvalue weighted by molar-refractivity contribution is 6.42. The summed E-state index contributed by atoms with van der Waals surface area (Å²) in [5, 5.41) is 18.1. The minimum absolute atomic E-state index is 0.0666. The third-order valence-electron chi connectivity index (χ3n) is 5.98. The first-order chi connectivity index (χ1) is 14.3. The van der Waals surface area contributed by atoms with Crippen LogP contribution >= 0.6 is 23.2 Å². The van der Waals surface area contributed by atoms with Gasteiger partial charge in [-0.3, -0.25) is 9.69 Å². The van der Waals surface area contributed by atoms with Gasteiger partial charge in [0.2, 0.25) is 0 Å². The average molecular weight is 448 g/mol. The van der Waals surface area contributed by atoms with Gasteiger partial charge in [-0.2, -0.15) is 0 Å². The van der Waals surface area contributed by atoms with Crippen molar-refractivity contribution in [1.29, 1.82) is 0 Å². The lowest BCUT2D eigenvalue weighted by atomic mass is 9.85. The molecule has 3 N–H and O–H groups in total. The van der Waals surface area contributed by atoms with Gasteiger partial charge in [0.1, 0.15) is 0 Å². The number of fused-ring (bicyclic) bond motifs is 1. The maximum absolute atomic E-state index is 13.5. The van der Waals surface area contributed by atoms with Crippen molar-refractivity contribution in [3.05, 3.63) is 58.1 Å². The highest BCUT2D eigenvalue weighted by Crippen LogP contribution is 2.41. The molecule has 2 aliphatic rings. The van der Waals surface area contributed by atoms with E-state index in [1.807, 2.05) is 0 Å². The van der Waals surface area contributed by atoms with E-state index >= 15 is 0 Å². The number of hydrogen-bond acceptors (Lipinski definition) is 3. The molecule has 0 bridgehead atoms. The summed E-state index contributed by atoms with van der Waals surface area (Å²) in [6.45, 7) is 2.09. The number of amides is 3. The van der Waals surface area contributed by atoms with Gasteiger partial charge in [0, 0.05) is 11.6 Å². The fraction of sp³-hybridized carbons (Fsp3) is 0.364. The lowest BCUT2D eigenvalue weighted by Gasteiger charge is -2.44. The van der Waals surface area contributed by atoms with Crippen LogP contribution in [-0.4, -0.2) is 23.1 Å². The van der Waals surface area contributed by atoms with Crippen molar-refractivity contribution in [1.82, 2.24) is 5.32 Å². The summed E-state index contributed by atoms with van der Waals surface area (Å²) in [4.78, 5) is 27.6. The van der Waals surface area contributed by atoms with Gasteiger partial charge in [0.05, 0.1) is 21.4 Å². The minimum Gasteiger partial charge on any atom is -0.359 e. The highest BCUT2D eigenvalue weighted by atomic mass is 35.5. The third kappa shape index (κ3) is 3.53. The van der Waals surface area contributed by atoms with Gasteiger partial charge >= 0.3 is 6.03 Å². The zero-order chi connectivity index (χ0) is 21.5. The van der Waals surface area contributed by atoms with E-state index in [-0.39, 0.29) is 28.2 Å². The quantitative estimate of drug-likeness (QED) is 0.626. The van der Waals surface area contributed by atoms with E-state index in [1.54, 1.807) is 30.3 Å². The molecule has 8 heteroatoms. The largest absolute Gasteiger partial charge is 0.359 e. The summed E-state index contributed by atoms with van der Waals surface area (Å²) in [5.74, 6) is -0.355. The molecular formula is C22H23Cl2N3O3. The van der Waals surface area contributed by atoms with Gasteiger partial charge in [-0.05, 0) is 43.0 Å². The summed E-state index contributed by atoms with van der Waals surface area (Å²) in [6.07, 6.45) is 3.99. The predicted octanol–water partition coefficient (Wildman–Crippen LogP) is 4.89. The molecule has 1 heterocycles. The van der Waals surface area contributed by atoms with Crippen molar-refractivity contribution < 1.29 is 14.7 Å². The van der Waals surface area contributed by atoms with E-state index in [9.17, 15) is 14.7 Å². The van der Waals surface area contributed by atoms with Crippen molar-refractivity contribution >= 4 is 46.5 Å². The summed E-state index contributed by atoms with van der Waals surface area (Å²) < 4.78 is 0. The molecule has 0 unspecified atom stereocenters. The van der Waals surface area contributed by atoms with Crippen LogP contribution in [-0.2, 0) is 10.5 Å². The molecule has 3 amide bonds. The lowest BCUT2D eigenvalue weighted by molar-refractivity contribution is -0.141. The van der Waals surface area contributed by atoms with E-state index in [2.05, 4.69) is 17.6 Å². The first kappa shape index (κ1) is 21.0. The maximum Gasteiger partial charge on any atom is 0.329 e. The fourth-order valence-corrected chi connectivity index (χ4v) is 4.58. The van der Waals surface area contributed by atoms with Crippen LogP contribution in [0.25, 0.3) is 0 Å². The number of rotatable bonds is 3. The van der Waals surface area contributed by atoms with Gasteiger partial charge in [-0.1, -0.05) is 61.2 Å². The van der Waals surface area contributed by atoms with E-state index in [1.165, 1.54) is 12.1 Å². The van der Waals surface area contributed by atoms with Crippen LogP contribution < -0.4 is 15.5 Å². The number of halogens is 2. The second-order valence-corrected chi connectivity index (χ2v) is 8.74. The molecule has 0 aromatic heterocycles. The number of aliphatic hydroxyl groups is 1. The van der Waals surface area contributed by atoms with Crippen LogP contribution in [0.2, 0.25) is 10.0 Å². The number of benzene rings is 2. The summed E-state index contributed by atoms with van der Waals surface area (Å²) in [5.41, 5.74) is -1.32. The number of urea groups is 1. The molecule has 6 nitrogen and oxygen atoms in total. The number of carbonyl (C=O) groups excluding carboxylic acids is 2. The van der Waals surface area contributed by atoms with Crippen molar-refractivity contribution in [2.45, 2.75) is 44.4 Å². The number of para-hydroxylation sites is 1. The molecule has 1 fully saturated rings. The standard InChI is InChI=1S/C22H23Cl2N3O3/c1-13-6-2-4-8-18(13)25-20(28)22(30)15-7-3-5-9-19(15)26-21(29)27(22)14-10-11-16(23)17(24)12-14/h3,5,7,9-13,18,30H,2,4,6,8H2,1H3,(H,25,28)(H,26,29)/t13-,18-,22-/m0/s1. The fourth-order valence-electron chi connectivity index (χ4n) is 4.29. The Morgan fingerprint density at radius 2 is 1.90 bits per heavy atom. The molecule has 4 rings (SSSR count). The molecule has 158 valence electrons. The number of hydrogen-bond donors (Lipinski definition) is 3. The smallest absolute Gasteiger partial charge is 0.329 e. The zero-order valence-corrected chi connectivity index (χ0v) is 18.0. The van der Waals surface area contributed by atoms with E-state index in [4.69, 9.17) is 23.2 Å². The average Bonchev–Trinajstić information content (AvgIpc) is 2.72. The molecule has 0 radical (unpaired) electrons. The number of carbonyl (C=O) groups is 2. The molecular weight excluding hydrogens is 425 g/mol. The van der Waals surface area contributed by atoms with E-state index < -0.39 is 17.7 Å². The Balaban J connectivity index is 1.80. The molecule has 2 aromatic carbocycles. The Morgan fingerprint density at radius 3 is 2.63 bits per heavy atom. The summed E-state index contributed by atoms with van der Waals surface area (Å²) >= 11 is 12.2. The van der Waals surface area contributed by atoms with E-state index in [0.29, 0.717) is 10.7 Å². The van der Waals surface area contributed by atoms with E-state index in [0.717, 1.165) is 30.6 Å².